The number of pyridine rings is 1. The second-order valence-electron chi connectivity index (χ2n) is 9.65. The van der Waals surface area contributed by atoms with Crippen LogP contribution in [0.1, 0.15) is 56.0 Å². The summed E-state index contributed by atoms with van der Waals surface area (Å²) in [5, 5.41) is 14.3. The lowest BCUT2D eigenvalue weighted by Crippen LogP contribution is -2.51. The predicted octanol–water partition coefficient (Wildman–Crippen LogP) is 4.54. The van der Waals surface area contributed by atoms with E-state index in [2.05, 4.69) is 0 Å². The lowest BCUT2D eigenvalue weighted by molar-refractivity contribution is -0.605. The Balaban J connectivity index is 1.17. The van der Waals surface area contributed by atoms with Gasteiger partial charge < -0.3 is 9.94 Å². The second kappa shape index (κ2) is 7.22. The summed E-state index contributed by atoms with van der Waals surface area (Å²) in [6, 6.07) is 3.55. The van der Waals surface area contributed by atoms with Crippen molar-refractivity contribution in [2.45, 2.75) is 57.1 Å². The van der Waals surface area contributed by atoms with Crippen molar-refractivity contribution in [1.82, 2.24) is 9.88 Å². The molecule has 0 N–H and O–H groups in total. The molecule has 0 unspecified atom stereocenters. The zero-order valence-electron chi connectivity index (χ0n) is 17.0. The van der Waals surface area contributed by atoms with Gasteiger partial charge in [0.25, 0.3) is 0 Å². The molecule has 0 aromatic carbocycles. The molecular formula is C23H27N3O3S. The molecule has 0 radical (unpaired) electrons. The molecule has 7 heteroatoms. The summed E-state index contributed by atoms with van der Waals surface area (Å²) in [4.78, 5) is 19.9. The molecule has 1 amide bonds. The van der Waals surface area contributed by atoms with Gasteiger partial charge in [-0.15, -0.1) is 11.3 Å². The van der Waals surface area contributed by atoms with Gasteiger partial charge in [-0.25, -0.2) is 9.78 Å². The van der Waals surface area contributed by atoms with E-state index in [1.165, 1.54) is 44.5 Å². The maximum atomic E-state index is 13.2. The highest BCUT2D eigenvalue weighted by molar-refractivity contribution is 7.10. The van der Waals surface area contributed by atoms with Gasteiger partial charge in [-0.2, -0.15) is 4.73 Å². The SMILES string of the molecule is O=C(OC1C2CC3CC(C2)CC1C3)N1CCC[C@@H]1c1nc(-c2cc[n+]([O-])cc2)cs1. The van der Waals surface area contributed by atoms with Crippen molar-refractivity contribution >= 4 is 17.4 Å². The van der Waals surface area contributed by atoms with E-state index in [1.54, 1.807) is 23.5 Å². The maximum Gasteiger partial charge on any atom is 0.410 e. The number of thiazole rings is 1. The topological polar surface area (TPSA) is 69.4 Å². The number of rotatable bonds is 3. The Kier molecular flexibility index (Phi) is 4.48. The Morgan fingerprint density at radius 3 is 2.53 bits per heavy atom. The number of ether oxygens (including phenoxy) is 1. The Labute approximate surface area is 180 Å². The first-order valence-electron chi connectivity index (χ1n) is 11.3. The molecule has 1 atom stereocenters. The zero-order chi connectivity index (χ0) is 20.2. The summed E-state index contributed by atoms with van der Waals surface area (Å²) in [6.07, 6.45) is 11.3. The van der Waals surface area contributed by atoms with Crippen LogP contribution in [0.25, 0.3) is 11.3 Å². The molecule has 6 nitrogen and oxygen atoms in total. The number of carbonyl (C=O) groups is 1. The van der Waals surface area contributed by atoms with Crippen molar-refractivity contribution in [2.75, 3.05) is 6.54 Å². The van der Waals surface area contributed by atoms with Crippen LogP contribution in [0.15, 0.2) is 29.9 Å². The zero-order valence-corrected chi connectivity index (χ0v) is 17.8. The third-order valence-corrected chi connectivity index (χ3v) is 8.72. The van der Waals surface area contributed by atoms with Crippen molar-refractivity contribution in [3.63, 3.8) is 0 Å². The Hall–Kier alpha value is -2.15. The van der Waals surface area contributed by atoms with Gasteiger partial charge in [0.05, 0.1) is 11.7 Å². The van der Waals surface area contributed by atoms with Crippen molar-refractivity contribution in [3.8, 4) is 11.3 Å². The van der Waals surface area contributed by atoms with E-state index in [4.69, 9.17) is 9.72 Å². The van der Waals surface area contributed by atoms with Crippen molar-refractivity contribution in [1.29, 1.82) is 0 Å². The number of amides is 1. The van der Waals surface area contributed by atoms with E-state index in [0.29, 0.717) is 11.8 Å². The van der Waals surface area contributed by atoms with Gasteiger partial charge in [0, 0.05) is 29.6 Å². The quantitative estimate of drug-likeness (QED) is 0.535. The van der Waals surface area contributed by atoms with E-state index < -0.39 is 0 Å². The van der Waals surface area contributed by atoms with Crippen LogP contribution in [-0.4, -0.2) is 28.6 Å². The van der Waals surface area contributed by atoms with Crippen LogP contribution in [0.2, 0.25) is 0 Å². The Morgan fingerprint density at radius 1 is 1.13 bits per heavy atom. The average Bonchev–Trinajstić information content (AvgIpc) is 3.40. The minimum atomic E-state index is -0.140. The first kappa shape index (κ1) is 18.6. The molecule has 4 aliphatic carbocycles. The number of hydrogen-bond donors (Lipinski definition) is 0. The summed E-state index contributed by atoms with van der Waals surface area (Å²) < 4.78 is 6.97. The fraction of sp³-hybridized carbons (Fsp3) is 0.609. The minimum Gasteiger partial charge on any atom is -0.619 e. The lowest BCUT2D eigenvalue weighted by atomic mass is 9.55. The van der Waals surface area contributed by atoms with Crippen LogP contribution in [0.5, 0.6) is 0 Å². The molecule has 5 aliphatic rings. The minimum absolute atomic E-state index is 0.00115. The smallest absolute Gasteiger partial charge is 0.410 e. The van der Waals surface area contributed by atoms with E-state index in [0.717, 1.165) is 52.2 Å². The summed E-state index contributed by atoms with van der Waals surface area (Å²) in [7, 11) is 0. The third-order valence-electron chi connectivity index (χ3n) is 7.77. The van der Waals surface area contributed by atoms with Crippen LogP contribution in [-0.2, 0) is 4.74 Å². The van der Waals surface area contributed by atoms with Crippen molar-refractivity contribution in [2.24, 2.45) is 23.7 Å². The van der Waals surface area contributed by atoms with Gasteiger partial charge in [-0.1, -0.05) is 0 Å². The van der Waals surface area contributed by atoms with Crippen molar-refractivity contribution < 1.29 is 14.3 Å². The van der Waals surface area contributed by atoms with Crippen LogP contribution in [0.4, 0.5) is 4.79 Å². The molecule has 0 spiro atoms. The fourth-order valence-corrected chi connectivity index (χ4v) is 7.62. The van der Waals surface area contributed by atoms with Gasteiger partial charge in [0.15, 0.2) is 12.4 Å². The van der Waals surface area contributed by atoms with Gasteiger partial charge in [0.1, 0.15) is 11.1 Å². The normalized spacial score (nSPS) is 34.5. The molecule has 2 aromatic heterocycles. The largest absolute Gasteiger partial charge is 0.619 e. The average molecular weight is 426 g/mol. The molecule has 158 valence electrons. The molecule has 4 bridgehead atoms. The first-order valence-corrected chi connectivity index (χ1v) is 12.1. The van der Waals surface area contributed by atoms with Gasteiger partial charge in [-0.05, 0) is 68.6 Å². The van der Waals surface area contributed by atoms with Crippen LogP contribution in [0, 0.1) is 28.9 Å². The molecular weight excluding hydrogens is 398 g/mol. The molecule has 2 aromatic rings. The van der Waals surface area contributed by atoms with Gasteiger partial charge >= 0.3 is 6.09 Å². The van der Waals surface area contributed by atoms with Gasteiger partial charge in [-0.3, -0.25) is 4.90 Å². The molecule has 30 heavy (non-hydrogen) atoms. The third kappa shape index (κ3) is 3.18. The Bertz CT molecular complexity index is 915. The Morgan fingerprint density at radius 2 is 1.83 bits per heavy atom. The van der Waals surface area contributed by atoms with Crippen LogP contribution in [0.3, 0.4) is 0 Å². The second-order valence-corrected chi connectivity index (χ2v) is 10.5. The maximum absolute atomic E-state index is 13.2. The first-order chi connectivity index (χ1) is 14.6. The number of carbonyl (C=O) groups excluding carboxylic acids is 1. The van der Waals surface area contributed by atoms with Crippen molar-refractivity contribution in [3.05, 3.63) is 40.1 Å². The molecule has 1 saturated heterocycles. The number of hydrogen-bond acceptors (Lipinski definition) is 5. The van der Waals surface area contributed by atoms with E-state index in [-0.39, 0.29) is 18.2 Å². The standard InChI is InChI=1S/C23H27N3O3S/c27-23(29-21-17-9-14-8-15(11-17)12-18(21)10-14)26-5-1-2-20(26)22-24-19(13-30-22)16-3-6-25(28)7-4-16/h3-4,6-7,13-15,17-18,20-21H,1-2,5,8-12H2/t14?,15?,17?,18?,20-,21?/m1/s1. The molecule has 4 saturated carbocycles. The van der Waals surface area contributed by atoms with Gasteiger partial charge in [0.2, 0.25) is 0 Å². The molecule has 1 aliphatic heterocycles. The summed E-state index contributed by atoms with van der Waals surface area (Å²) >= 11 is 1.59. The number of likely N-dealkylation sites (tertiary alicyclic amines) is 1. The highest BCUT2D eigenvalue weighted by Gasteiger charge is 2.50. The summed E-state index contributed by atoms with van der Waals surface area (Å²) in [5.74, 6) is 2.92. The molecule has 5 fully saturated rings. The molecule has 3 heterocycles. The molecule has 7 rings (SSSR count). The number of nitrogens with zero attached hydrogens (tertiary/aromatic N) is 3. The monoisotopic (exact) mass is 425 g/mol. The lowest BCUT2D eigenvalue weighted by Gasteiger charge is -2.53. The number of aromatic nitrogens is 2. The van der Waals surface area contributed by atoms with E-state index in [9.17, 15) is 10.0 Å². The van der Waals surface area contributed by atoms with E-state index >= 15 is 0 Å². The predicted molar refractivity (Wildman–Crippen MR) is 113 cm³/mol. The highest BCUT2D eigenvalue weighted by atomic mass is 32.1. The fourth-order valence-electron chi connectivity index (χ4n) is 6.65. The van der Waals surface area contributed by atoms with Crippen LogP contribution >= 0.6 is 11.3 Å². The summed E-state index contributed by atoms with van der Waals surface area (Å²) in [6.45, 7) is 0.743. The highest BCUT2D eigenvalue weighted by Crippen LogP contribution is 2.55. The summed E-state index contributed by atoms with van der Waals surface area (Å²) in [5.41, 5.74) is 1.78. The van der Waals surface area contributed by atoms with E-state index in [1.807, 2.05) is 10.3 Å². The van der Waals surface area contributed by atoms with Crippen LogP contribution < -0.4 is 4.73 Å².